The van der Waals surface area contributed by atoms with Crippen LogP contribution in [0.4, 0.5) is 14.9 Å². The number of methoxy groups -OCH3 is 1. The molecule has 0 spiro atoms. The van der Waals surface area contributed by atoms with E-state index in [4.69, 9.17) is 9.16 Å². The fraction of sp³-hybridized carbons (Fsp3) is 0.400. The topological polar surface area (TPSA) is 117 Å². The minimum Gasteiger partial charge on any atom is -0.465 e. The molecule has 3 atom stereocenters. The molecule has 0 aliphatic rings. The number of ether oxygens (including phenoxy) is 1. The molecule has 4 aromatic rings. The van der Waals surface area contributed by atoms with Crippen LogP contribution in [0, 0.1) is 5.92 Å². The molecule has 4 rings (SSSR count). The summed E-state index contributed by atoms with van der Waals surface area (Å²) in [6.07, 6.45) is -1.42. The van der Waals surface area contributed by atoms with Crippen molar-refractivity contribution in [3.8, 4) is 0 Å². The van der Waals surface area contributed by atoms with Crippen LogP contribution in [0.1, 0.15) is 69.8 Å². The van der Waals surface area contributed by atoms with Gasteiger partial charge in [0, 0.05) is 25.2 Å². The maximum Gasteiger partial charge on any atom is 0.407 e. The molecule has 2 amide bonds. The lowest BCUT2D eigenvalue weighted by Crippen LogP contribution is -2.67. The predicted octanol–water partition coefficient (Wildman–Crippen LogP) is 7.70. The van der Waals surface area contributed by atoms with Crippen molar-refractivity contribution in [3.63, 3.8) is 0 Å². The highest BCUT2D eigenvalue weighted by Crippen LogP contribution is 2.37. The number of amides is 2. The second-order valence-electron chi connectivity index (χ2n) is 15.6. The third-order valence-corrected chi connectivity index (χ3v) is 15.1. The fourth-order valence-corrected chi connectivity index (χ4v) is 11.7. The summed E-state index contributed by atoms with van der Waals surface area (Å²) in [5.74, 6) is -0.726. The SMILES string of the molecule is COC(=O)c1ccccc1N[C@@H](Cc1ccccc1)C(=O)NCC(F)CC[C@@H](CO[Si](c1ccccc1)(c1ccccc1)C(C)(C)C)N(CCC(C)C)C(=O)O. The second kappa shape index (κ2) is 20.8. The van der Waals surface area contributed by atoms with E-state index in [0.717, 1.165) is 15.9 Å². The van der Waals surface area contributed by atoms with Crippen molar-refractivity contribution in [3.05, 3.63) is 126 Å². The molecule has 11 heteroatoms. The van der Waals surface area contributed by atoms with Crippen LogP contribution in [-0.4, -0.2) is 81.4 Å². The number of carbonyl (C=O) groups excluding carboxylic acids is 2. The Labute approximate surface area is 332 Å². The van der Waals surface area contributed by atoms with Crippen LogP contribution in [0.15, 0.2) is 115 Å². The molecule has 0 saturated heterocycles. The van der Waals surface area contributed by atoms with Crippen LogP contribution in [0.3, 0.4) is 0 Å². The standard InChI is InChI=1S/C45H58FN3O6Si/c1-33(2)28-29-49(44(52)53)36(32-55-56(45(3,4)5,37-20-12-8-13-21-37)38-22-14-9-15-23-38)27-26-35(46)31-47-42(50)41(30-34-18-10-7-11-19-34)48-40-25-17-16-24-39(40)43(51)54-6/h7-25,33,35-36,41,48H,26-32H2,1-6H3,(H,47,50)(H,52,53)/t35?,36-,41-/m0/s1. The van der Waals surface area contributed by atoms with Crippen molar-refractivity contribution < 1.29 is 33.0 Å². The van der Waals surface area contributed by atoms with Crippen molar-refractivity contribution in [2.45, 2.75) is 83.6 Å². The van der Waals surface area contributed by atoms with Gasteiger partial charge in [-0.2, -0.15) is 0 Å². The molecule has 4 aromatic carbocycles. The largest absolute Gasteiger partial charge is 0.465 e. The van der Waals surface area contributed by atoms with Gasteiger partial charge in [0.15, 0.2) is 0 Å². The highest BCUT2D eigenvalue weighted by atomic mass is 28.4. The summed E-state index contributed by atoms with van der Waals surface area (Å²) in [5.41, 5.74) is 1.58. The number of alkyl halides is 1. The first-order valence-electron chi connectivity index (χ1n) is 19.4. The molecule has 1 unspecified atom stereocenters. The third-order valence-electron chi connectivity index (χ3n) is 10.1. The van der Waals surface area contributed by atoms with Crippen molar-refractivity contribution in [2.75, 3.05) is 32.1 Å². The first-order valence-corrected chi connectivity index (χ1v) is 21.3. The summed E-state index contributed by atoms with van der Waals surface area (Å²) < 4.78 is 28.1. The smallest absolute Gasteiger partial charge is 0.407 e. The quantitative estimate of drug-likeness (QED) is 0.0622. The van der Waals surface area contributed by atoms with Gasteiger partial charge in [-0.3, -0.25) is 4.79 Å². The number of nitrogens with zero attached hydrogens (tertiary/aromatic N) is 1. The van der Waals surface area contributed by atoms with Gasteiger partial charge in [-0.25, -0.2) is 14.0 Å². The number of anilines is 1. The number of hydrogen-bond acceptors (Lipinski definition) is 6. The van der Waals surface area contributed by atoms with E-state index >= 15 is 4.39 Å². The van der Waals surface area contributed by atoms with Crippen molar-refractivity contribution in [1.29, 1.82) is 0 Å². The Bertz CT molecular complexity index is 1780. The first-order chi connectivity index (χ1) is 26.8. The molecule has 0 saturated carbocycles. The normalized spacial score (nSPS) is 13.4. The number of halogens is 1. The van der Waals surface area contributed by atoms with Crippen molar-refractivity contribution in [1.82, 2.24) is 10.2 Å². The van der Waals surface area contributed by atoms with Gasteiger partial charge < -0.3 is 29.8 Å². The minimum absolute atomic E-state index is 0.00245. The third kappa shape index (κ3) is 11.8. The second-order valence-corrected chi connectivity index (χ2v) is 19.9. The highest BCUT2D eigenvalue weighted by molar-refractivity contribution is 6.99. The Morgan fingerprint density at radius 2 is 1.36 bits per heavy atom. The molecule has 56 heavy (non-hydrogen) atoms. The molecular weight excluding hydrogens is 726 g/mol. The van der Waals surface area contributed by atoms with Gasteiger partial charge in [-0.15, -0.1) is 0 Å². The molecule has 300 valence electrons. The number of rotatable bonds is 20. The Balaban J connectivity index is 1.55. The Hall–Kier alpha value is -5.00. The molecular formula is C45H58FN3O6Si. The zero-order valence-electron chi connectivity index (χ0n) is 33.5. The zero-order valence-corrected chi connectivity index (χ0v) is 34.5. The summed E-state index contributed by atoms with van der Waals surface area (Å²) in [7, 11) is -1.73. The van der Waals surface area contributed by atoms with Crippen molar-refractivity contribution in [2.24, 2.45) is 5.92 Å². The number of carbonyl (C=O) groups is 3. The molecule has 0 fully saturated rings. The van der Waals surface area contributed by atoms with E-state index in [1.54, 1.807) is 24.3 Å². The lowest BCUT2D eigenvalue weighted by atomic mass is 10.0. The van der Waals surface area contributed by atoms with Gasteiger partial charge in [0.2, 0.25) is 5.91 Å². The number of esters is 1. The Kier molecular flexibility index (Phi) is 16.2. The van der Waals surface area contributed by atoms with Crippen molar-refractivity contribution >= 4 is 42.3 Å². The van der Waals surface area contributed by atoms with Crippen LogP contribution >= 0.6 is 0 Å². The number of benzene rings is 4. The first kappa shape index (κ1) is 43.7. The van der Waals surface area contributed by atoms with Gasteiger partial charge in [0.05, 0.1) is 25.3 Å². The molecule has 0 aromatic heterocycles. The highest BCUT2D eigenvalue weighted by Gasteiger charge is 2.50. The summed E-state index contributed by atoms with van der Waals surface area (Å²) in [4.78, 5) is 40.4. The van der Waals surface area contributed by atoms with Gasteiger partial charge in [-0.05, 0) is 58.3 Å². The van der Waals surface area contributed by atoms with E-state index in [-0.39, 0.29) is 55.5 Å². The number of carboxylic acid groups (broad SMARTS) is 1. The summed E-state index contributed by atoms with van der Waals surface area (Å²) >= 11 is 0. The number of nitrogens with one attached hydrogen (secondary N) is 2. The predicted molar refractivity (Wildman–Crippen MR) is 224 cm³/mol. The molecule has 0 heterocycles. The molecule has 0 aliphatic heterocycles. The average molecular weight is 784 g/mol. The minimum atomic E-state index is -3.02. The van der Waals surface area contributed by atoms with E-state index in [1.807, 2.05) is 80.6 Å². The fourth-order valence-electron chi connectivity index (χ4n) is 7.10. The van der Waals surface area contributed by atoms with Crippen LogP contribution in [0.2, 0.25) is 5.04 Å². The number of para-hydroxylation sites is 1. The summed E-state index contributed by atoms with van der Waals surface area (Å²) in [6, 6.07) is 35.0. The molecule has 0 aliphatic carbocycles. The van der Waals surface area contributed by atoms with Crippen LogP contribution in [0.5, 0.6) is 0 Å². The Morgan fingerprint density at radius 3 is 1.89 bits per heavy atom. The van der Waals surface area contributed by atoms with Crippen LogP contribution in [-0.2, 0) is 20.4 Å². The monoisotopic (exact) mass is 783 g/mol. The van der Waals surface area contributed by atoms with Gasteiger partial charge in [0.1, 0.15) is 12.2 Å². The molecule has 9 nitrogen and oxygen atoms in total. The maximum absolute atomic E-state index is 15.9. The summed E-state index contributed by atoms with van der Waals surface area (Å²) in [5, 5.41) is 18.3. The Morgan fingerprint density at radius 1 is 0.804 bits per heavy atom. The van der Waals surface area contributed by atoms with Gasteiger partial charge in [-0.1, -0.05) is 138 Å². The lowest BCUT2D eigenvalue weighted by molar-refractivity contribution is -0.122. The average Bonchev–Trinajstić information content (AvgIpc) is 3.19. The number of hydrogen-bond donors (Lipinski definition) is 3. The van der Waals surface area contributed by atoms with E-state index < -0.39 is 44.5 Å². The van der Waals surface area contributed by atoms with Gasteiger partial charge >= 0.3 is 12.1 Å². The molecule has 0 bridgehead atoms. The van der Waals surface area contributed by atoms with E-state index in [2.05, 4.69) is 55.7 Å². The van der Waals surface area contributed by atoms with E-state index in [0.29, 0.717) is 12.1 Å². The van der Waals surface area contributed by atoms with Gasteiger partial charge in [0.25, 0.3) is 8.32 Å². The maximum atomic E-state index is 15.9. The molecule has 0 radical (unpaired) electrons. The van der Waals surface area contributed by atoms with Crippen LogP contribution < -0.4 is 21.0 Å². The van der Waals surface area contributed by atoms with E-state index in [9.17, 15) is 19.5 Å². The van der Waals surface area contributed by atoms with E-state index in [1.165, 1.54) is 12.0 Å². The van der Waals surface area contributed by atoms with Crippen LogP contribution in [0.25, 0.3) is 0 Å². The lowest BCUT2D eigenvalue weighted by Gasteiger charge is -2.44. The summed E-state index contributed by atoms with van der Waals surface area (Å²) in [6.45, 7) is 10.7. The molecule has 3 N–H and O–H groups in total. The zero-order chi connectivity index (χ0) is 40.7.